The van der Waals surface area contributed by atoms with E-state index in [2.05, 4.69) is 5.32 Å². The summed E-state index contributed by atoms with van der Waals surface area (Å²) in [5.41, 5.74) is 8.26. The van der Waals surface area contributed by atoms with Gasteiger partial charge < -0.3 is 15.8 Å². The van der Waals surface area contributed by atoms with Crippen molar-refractivity contribution >= 4 is 34.9 Å². The molecule has 246 valence electrons. The van der Waals surface area contributed by atoms with E-state index in [1.165, 1.54) is 33.1 Å². The fourth-order valence-electron chi connectivity index (χ4n) is 5.16. The molecule has 0 aliphatic heterocycles. The highest BCUT2D eigenvalue weighted by atomic mass is 35.5. The first-order chi connectivity index (χ1) is 21.7. The molecule has 0 bridgehead atoms. The molecule has 11 heteroatoms. The molecule has 0 fully saturated rings. The van der Waals surface area contributed by atoms with Crippen molar-refractivity contribution in [2.45, 2.75) is 58.3 Å². The summed E-state index contributed by atoms with van der Waals surface area (Å²) < 4.78 is 45.4. The van der Waals surface area contributed by atoms with E-state index < -0.39 is 53.9 Å². The quantitative estimate of drug-likeness (QED) is 0.184. The van der Waals surface area contributed by atoms with Crippen LogP contribution in [0.2, 0.25) is 5.02 Å². The third-order valence-corrected chi connectivity index (χ3v) is 8.01. The first kappa shape index (κ1) is 36.4. The summed E-state index contributed by atoms with van der Waals surface area (Å²) in [7, 11) is 1.44. The van der Waals surface area contributed by atoms with Crippen LogP contribution in [-0.4, -0.2) is 36.5 Å². The summed E-state index contributed by atoms with van der Waals surface area (Å²) in [4.78, 5) is 53.0. The number of benzene rings is 3. The smallest absolute Gasteiger partial charge is 0.450 e. The molecule has 3 aromatic carbocycles. The number of alkyl halides is 3. The Balaban J connectivity index is 1.92. The van der Waals surface area contributed by atoms with Crippen molar-refractivity contribution in [3.8, 4) is 5.75 Å². The maximum absolute atomic E-state index is 13.9. The third-order valence-electron chi connectivity index (χ3n) is 7.78. The van der Waals surface area contributed by atoms with Gasteiger partial charge in [-0.3, -0.25) is 19.2 Å². The highest BCUT2D eigenvalue weighted by Crippen LogP contribution is 2.31. The lowest BCUT2D eigenvalue weighted by atomic mass is 9.84. The number of hydrogen-bond acceptors (Lipinski definition) is 6. The lowest BCUT2D eigenvalue weighted by Gasteiger charge is -2.26. The molecule has 0 aliphatic rings. The highest BCUT2D eigenvalue weighted by Gasteiger charge is 2.45. The SMILES string of the molecule is COc1ccc([C@H](NC(=O)[C@@H](CC(=O)Cc2ccc(CN)cc2)Cc2cccc(Cl)c2)C(=O)C[C@H](C(=O)C(F)(F)F)C(C)C)cc1. The van der Waals surface area contributed by atoms with Crippen LogP contribution in [0.1, 0.15) is 55.0 Å². The molecule has 0 saturated heterocycles. The van der Waals surface area contributed by atoms with Crippen molar-refractivity contribution in [1.82, 2.24) is 5.32 Å². The second-order valence-corrected chi connectivity index (χ2v) is 12.0. The number of amides is 1. The summed E-state index contributed by atoms with van der Waals surface area (Å²) in [5, 5.41) is 3.12. The number of halogens is 4. The Bertz CT molecular complexity index is 1510. The molecule has 1 amide bonds. The summed E-state index contributed by atoms with van der Waals surface area (Å²) in [6.45, 7) is 3.21. The van der Waals surface area contributed by atoms with Crippen molar-refractivity contribution in [3.63, 3.8) is 0 Å². The Labute approximate surface area is 271 Å². The van der Waals surface area contributed by atoms with Gasteiger partial charge in [0, 0.05) is 42.7 Å². The highest BCUT2D eigenvalue weighted by molar-refractivity contribution is 6.30. The number of rotatable bonds is 16. The van der Waals surface area contributed by atoms with Crippen LogP contribution in [0.5, 0.6) is 5.75 Å². The van der Waals surface area contributed by atoms with Crippen molar-refractivity contribution in [2.75, 3.05) is 7.11 Å². The number of methoxy groups -OCH3 is 1. The molecule has 0 aromatic heterocycles. The van der Waals surface area contributed by atoms with E-state index in [-0.39, 0.29) is 30.6 Å². The molecule has 3 rings (SSSR count). The minimum Gasteiger partial charge on any atom is -0.497 e. The largest absolute Gasteiger partial charge is 0.497 e. The van der Waals surface area contributed by atoms with Crippen LogP contribution < -0.4 is 15.8 Å². The summed E-state index contributed by atoms with van der Waals surface area (Å²) >= 11 is 6.17. The van der Waals surface area contributed by atoms with Crippen molar-refractivity contribution in [3.05, 3.63) is 100 Å². The van der Waals surface area contributed by atoms with Crippen LogP contribution in [0.15, 0.2) is 72.8 Å². The van der Waals surface area contributed by atoms with E-state index in [9.17, 15) is 32.3 Å². The maximum Gasteiger partial charge on any atom is 0.450 e. The number of ketones is 3. The average molecular weight is 659 g/mol. The Morgan fingerprint density at radius 1 is 0.891 bits per heavy atom. The number of nitrogens with one attached hydrogen (secondary N) is 1. The van der Waals surface area contributed by atoms with Crippen LogP contribution in [-0.2, 0) is 38.6 Å². The number of ether oxygens (including phenoxy) is 1. The van der Waals surface area contributed by atoms with E-state index in [1.54, 1.807) is 48.5 Å². The molecule has 0 aliphatic carbocycles. The van der Waals surface area contributed by atoms with Crippen LogP contribution in [0.25, 0.3) is 0 Å². The molecule has 46 heavy (non-hydrogen) atoms. The zero-order valence-electron chi connectivity index (χ0n) is 25.9. The van der Waals surface area contributed by atoms with E-state index in [0.29, 0.717) is 22.9 Å². The zero-order valence-corrected chi connectivity index (χ0v) is 26.7. The number of Topliss-reactive ketones (excluding diaryl/α,β-unsaturated/α-hetero) is 3. The van der Waals surface area contributed by atoms with Gasteiger partial charge in [-0.2, -0.15) is 13.2 Å². The molecular formula is C35H38ClF3N2O5. The minimum atomic E-state index is -5.12. The Morgan fingerprint density at radius 2 is 1.52 bits per heavy atom. The topological polar surface area (TPSA) is 116 Å². The van der Waals surface area contributed by atoms with Gasteiger partial charge in [-0.25, -0.2) is 0 Å². The fourth-order valence-corrected chi connectivity index (χ4v) is 5.37. The predicted molar refractivity (Wildman–Crippen MR) is 169 cm³/mol. The number of hydrogen-bond donors (Lipinski definition) is 2. The fraction of sp³-hybridized carbons (Fsp3) is 0.371. The summed E-state index contributed by atoms with van der Waals surface area (Å²) in [6, 6.07) is 18.7. The first-order valence-corrected chi connectivity index (χ1v) is 15.2. The molecule has 0 unspecified atom stereocenters. The van der Waals surface area contributed by atoms with Gasteiger partial charge >= 0.3 is 6.18 Å². The predicted octanol–water partition coefficient (Wildman–Crippen LogP) is 6.39. The molecule has 7 nitrogen and oxygen atoms in total. The monoisotopic (exact) mass is 658 g/mol. The first-order valence-electron chi connectivity index (χ1n) is 14.8. The molecule has 3 atom stereocenters. The van der Waals surface area contributed by atoms with Gasteiger partial charge in [0.1, 0.15) is 17.6 Å². The van der Waals surface area contributed by atoms with E-state index in [4.69, 9.17) is 22.1 Å². The molecule has 0 heterocycles. The van der Waals surface area contributed by atoms with Gasteiger partial charge in [-0.05, 0) is 58.9 Å². The van der Waals surface area contributed by atoms with Gasteiger partial charge in [0.25, 0.3) is 0 Å². The molecule has 0 radical (unpaired) electrons. The van der Waals surface area contributed by atoms with Gasteiger partial charge in [0.05, 0.1) is 7.11 Å². The number of carbonyl (C=O) groups is 4. The average Bonchev–Trinajstić information content (AvgIpc) is 3.01. The second-order valence-electron chi connectivity index (χ2n) is 11.6. The summed E-state index contributed by atoms with van der Waals surface area (Å²) in [6.07, 6.45) is -5.89. The summed E-state index contributed by atoms with van der Waals surface area (Å²) in [5.74, 6) is -6.58. The molecule has 3 aromatic rings. The lowest BCUT2D eigenvalue weighted by Crippen LogP contribution is -2.41. The van der Waals surface area contributed by atoms with Gasteiger partial charge in [0.2, 0.25) is 11.7 Å². The van der Waals surface area contributed by atoms with Gasteiger partial charge in [-0.15, -0.1) is 0 Å². The molecule has 0 saturated carbocycles. The van der Waals surface area contributed by atoms with Crippen molar-refractivity contribution < 1.29 is 37.1 Å². The standard InChI is InChI=1S/C35H38ClF3N2O5/c1-21(2)30(33(44)35(37,38)39)19-31(43)32(25-11-13-29(46-3)14-12-25)41-34(45)26(15-24-5-4-6-27(36)16-24)18-28(42)17-22-7-9-23(20-40)10-8-22/h4-14,16,21,26,30,32H,15,17-20,40H2,1-3H3,(H,41,45)/t26-,30+,32+/m1/s1. The Morgan fingerprint density at radius 3 is 2.07 bits per heavy atom. The normalized spacial score (nSPS) is 13.5. The van der Waals surface area contributed by atoms with Crippen LogP contribution in [0, 0.1) is 17.8 Å². The third kappa shape index (κ3) is 10.5. The van der Waals surface area contributed by atoms with E-state index >= 15 is 0 Å². The molecular weight excluding hydrogens is 621 g/mol. The van der Waals surface area contributed by atoms with Crippen molar-refractivity contribution in [1.29, 1.82) is 0 Å². The Hall–Kier alpha value is -4.02. The van der Waals surface area contributed by atoms with Gasteiger partial charge in [-0.1, -0.05) is 74.0 Å². The maximum atomic E-state index is 13.9. The second kappa shape index (κ2) is 16.5. The van der Waals surface area contributed by atoms with E-state index in [1.807, 2.05) is 12.1 Å². The van der Waals surface area contributed by atoms with Crippen LogP contribution in [0.4, 0.5) is 13.2 Å². The van der Waals surface area contributed by atoms with Gasteiger partial charge in [0.15, 0.2) is 5.78 Å². The van der Waals surface area contributed by atoms with Crippen molar-refractivity contribution in [2.24, 2.45) is 23.5 Å². The lowest BCUT2D eigenvalue weighted by molar-refractivity contribution is -0.177. The number of nitrogens with two attached hydrogens (primary N) is 1. The molecule has 3 N–H and O–H groups in total. The number of carbonyl (C=O) groups excluding carboxylic acids is 4. The zero-order chi connectivity index (χ0) is 34.0. The minimum absolute atomic E-state index is 0.0562. The van der Waals surface area contributed by atoms with E-state index in [0.717, 1.165) is 11.1 Å². The molecule has 0 spiro atoms. The van der Waals surface area contributed by atoms with Crippen LogP contribution in [0.3, 0.4) is 0 Å². The Kier molecular flexibility index (Phi) is 13.1. The van der Waals surface area contributed by atoms with Crippen LogP contribution >= 0.6 is 11.6 Å².